The normalized spacial score (nSPS) is 47.8. The molecular formula is C32H47NO5. The van der Waals surface area contributed by atoms with E-state index in [0.717, 1.165) is 69.9 Å². The number of carboxylic acids is 1. The van der Waals surface area contributed by atoms with Crippen LogP contribution >= 0.6 is 0 Å². The predicted molar refractivity (Wildman–Crippen MR) is 144 cm³/mol. The Kier molecular flexibility index (Phi) is 6.70. The number of hydrogen-bond donors (Lipinski definition) is 1. The van der Waals surface area contributed by atoms with Crippen LogP contribution in [0.25, 0.3) is 0 Å². The maximum absolute atomic E-state index is 13.8. The number of nitrogens with zero attached hydrogens (tertiary/aromatic N) is 1. The summed E-state index contributed by atoms with van der Waals surface area (Å²) in [6.07, 6.45) is 13.6. The molecule has 0 spiro atoms. The lowest BCUT2D eigenvalue weighted by atomic mass is 9.41. The molecule has 5 fully saturated rings. The highest BCUT2D eigenvalue weighted by molar-refractivity contribution is 5.90. The van der Waals surface area contributed by atoms with E-state index in [1.165, 1.54) is 19.3 Å². The maximum atomic E-state index is 13.8. The minimum Gasteiger partial charge on any atom is -0.481 e. The molecule has 0 aromatic heterocycles. The number of piperidine rings is 1. The summed E-state index contributed by atoms with van der Waals surface area (Å²) < 4.78 is 7.12. The Hall–Kier alpha value is -1.53. The first-order valence-corrected chi connectivity index (χ1v) is 15.5. The lowest BCUT2D eigenvalue weighted by Gasteiger charge is -2.60. The molecule has 2 aliphatic heterocycles. The van der Waals surface area contributed by atoms with Gasteiger partial charge in [-0.3, -0.25) is 4.79 Å². The Morgan fingerprint density at radius 3 is 2.61 bits per heavy atom. The molecule has 0 radical (unpaired) electrons. The smallest absolute Gasteiger partial charge is 0.315 e. The van der Waals surface area contributed by atoms with Crippen molar-refractivity contribution >= 4 is 18.5 Å². The third-order valence-electron chi connectivity index (χ3n) is 12.5. The molecular weight excluding hydrogens is 478 g/mol. The average molecular weight is 526 g/mol. The molecule has 6 heteroatoms. The molecule has 6 rings (SSSR count). The van der Waals surface area contributed by atoms with Crippen molar-refractivity contribution in [2.75, 3.05) is 19.6 Å². The predicted octanol–water partition coefficient (Wildman–Crippen LogP) is 5.15. The number of carbonyl (C=O) groups is 3. The molecule has 0 aromatic carbocycles. The van der Waals surface area contributed by atoms with E-state index in [4.69, 9.17) is 4.74 Å². The lowest BCUT2D eigenvalue weighted by molar-refractivity contribution is -0.197. The standard InChI is InChI=1S/C32H47NO5/c1-20(2)26-15-23-16-30(19-35)25-10-9-21(3)24(25)17-31(23,32(26,30)29(36)37)28-14-22(8-7-13-34)27(38-28)18-33-11-5-4-6-12-33/h13,15,19-25,27-28H,4-12,14,16-18H2,1-3H3,(H,36,37)/t21-,22?,23?,24-,25-,27?,28?,30?,31?,32?/m1/s1. The van der Waals surface area contributed by atoms with E-state index in [9.17, 15) is 19.5 Å². The fourth-order valence-corrected chi connectivity index (χ4v) is 11.2. The molecule has 2 saturated heterocycles. The van der Waals surface area contributed by atoms with Crippen molar-refractivity contribution in [2.24, 2.45) is 51.8 Å². The third-order valence-corrected chi connectivity index (χ3v) is 12.5. The molecule has 6 nitrogen and oxygen atoms in total. The van der Waals surface area contributed by atoms with E-state index < -0.39 is 22.2 Å². The fraction of sp³-hybridized carbons (Fsp3) is 0.844. The number of allylic oxidation sites excluding steroid dienone is 1. The highest BCUT2D eigenvalue weighted by atomic mass is 16.5. The fourth-order valence-electron chi connectivity index (χ4n) is 11.2. The quantitative estimate of drug-likeness (QED) is 0.331. The second kappa shape index (κ2) is 9.54. The number of carbonyl (C=O) groups excluding carboxylic acids is 2. The first kappa shape index (κ1) is 26.7. The summed E-state index contributed by atoms with van der Waals surface area (Å²) in [5, 5.41) is 11.3. The third kappa shape index (κ3) is 3.28. The zero-order valence-electron chi connectivity index (χ0n) is 23.6. The van der Waals surface area contributed by atoms with Crippen molar-refractivity contribution in [3.63, 3.8) is 0 Å². The van der Waals surface area contributed by atoms with Crippen LogP contribution < -0.4 is 0 Å². The van der Waals surface area contributed by atoms with Gasteiger partial charge >= 0.3 is 5.97 Å². The Balaban J connectivity index is 1.45. The van der Waals surface area contributed by atoms with E-state index in [-0.39, 0.29) is 35.9 Å². The number of rotatable bonds is 9. The van der Waals surface area contributed by atoms with Crippen molar-refractivity contribution in [3.8, 4) is 0 Å². The molecule has 4 aliphatic carbocycles. The molecule has 0 amide bonds. The molecule has 7 unspecified atom stereocenters. The molecule has 10 atom stereocenters. The SMILES string of the molecule is CC(C)C1=CC2CC3(C=O)[C@@H]4CC[C@@H](C)[C@H]4CC2(C2CC(CCC=O)C(CN4CCCCC4)O2)C13C(=O)O. The van der Waals surface area contributed by atoms with Crippen LogP contribution in [0.3, 0.4) is 0 Å². The second-order valence-corrected chi connectivity index (χ2v) is 14.1. The van der Waals surface area contributed by atoms with Gasteiger partial charge in [-0.25, -0.2) is 0 Å². The number of likely N-dealkylation sites (tertiary alicyclic amines) is 1. The van der Waals surface area contributed by atoms with Crippen LogP contribution in [0.1, 0.15) is 85.0 Å². The van der Waals surface area contributed by atoms with Crippen LogP contribution in [-0.2, 0) is 19.1 Å². The van der Waals surface area contributed by atoms with Crippen molar-refractivity contribution < 1.29 is 24.2 Å². The number of fused-ring (bicyclic) bond motifs is 2. The summed E-state index contributed by atoms with van der Waals surface area (Å²) in [6, 6.07) is 0. The van der Waals surface area contributed by atoms with Gasteiger partial charge in [0.15, 0.2) is 0 Å². The van der Waals surface area contributed by atoms with Crippen molar-refractivity contribution in [1.29, 1.82) is 0 Å². The van der Waals surface area contributed by atoms with Crippen molar-refractivity contribution in [2.45, 2.75) is 97.2 Å². The van der Waals surface area contributed by atoms with Gasteiger partial charge in [0.05, 0.1) is 17.6 Å². The van der Waals surface area contributed by atoms with E-state index in [1.807, 2.05) is 0 Å². The molecule has 38 heavy (non-hydrogen) atoms. The van der Waals surface area contributed by atoms with Crippen LogP contribution in [0.4, 0.5) is 0 Å². The molecule has 6 aliphatic rings. The topological polar surface area (TPSA) is 83.9 Å². The Morgan fingerprint density at radius 1 is 1.18 bits per heavy atom. The molecule has 4 bridgehead atoms. The number of hydrogen-bond acceptors (Lipinski definition) is 5. The van der Waals surface area contributed by atoms with Gasteiger partial charge in [0.25, 0.3) is 0 Å². The van der Waals surface area contributed by atoms with Gasteiger partial charge in [-0.05, 0) is 93.5 Å². The highest BCUT2D eigenvalue weighted by Gasteiger charge is 2.86. The lowest BCUT2D eigenvalue weighted by Crippen LogP contribution is -2.65. The first-order chi connectivity index (χ1) is 18.3. The minimum atomic E-state index is -1.19. The second-order valence-electron chi connectivity index (χ2n) is 14.1. The highest BCUT2D eigenvalue weighted by Crippen LogP contribution is 2.84. The Bertz CT molecular complexity index is 1000. The average Bonchev–Trinajstić information content (AvgIpc) is 3.61. The van der Waals surface area contributed by atoms with E-state index in [2.05, 4.69) is 31.7 Å². The molecule has 1 N–H and O–H groups in total. The summed E-state index contributed by atoms with van der Waals surface area (Å²) in [4.78, 5) is 41.1. The van der Waals surface area contributed by atoms with Crippen LogP contribution in [0.5, 0.6) is 0 Å². The van der Waals surface area contributed by atoms with Crippen molar-refractivity contribution in [1.82, 2.24) is 4.90 Å². The summed E-state index contributed by atoms with van der Waals surface area (Å²) in [7, 11) is 0. The Morgan fingerprint density at radius 2 is 1.95 bits per heavy atom. The van der Waals surface area contributed by atoms with Crippen LogP contribution in [0.15, 0.2) is 11.6 Å². The summed E-state index contributed by atoms with van der Waals surface area (Å²) in [6.45, 7) is 9.57. The van der Waals surface area contributed by atoms with Gasteiger partial charge in [0, 0.05) is 18.4 Å². The number of ether oxygens (including phenoxy) is 1. The van der Waals surface area contributed by atoms with Crippen LogP contribution in [-0.4, -0.2) is 60.4 Å². The van der Waals surface area contributed by atoms with Gasteiger partial charge in [-0.2, -0.15) is 0 Å². The summed E-state index contributed by atoms with van der Waals surface area (Å²) in [5.74, 6) is 0.598. The molecule has 3 saturated carbocycles. The maximum Gasteiger partial charge on any atom is 0.315 e. The van der Waals surface area contributed by atoms with Gasteiger partial charge in [-0.15, -0.1) is 0 Å². The largest absolute Gasteiger partial charge is 0.481 e. The molecule has 2 heterocycles. The Labute approximate surface area is 227 Å². The monoisotopic (exact) mass is 525 g/mol. The van der Waals surface area contributed by atoms with E-state index >= 15 is 0 Å². The zero-order valence-corrected chi connectivity index (χ0v) is 23.6. The van der Waals surface area contributed by atoms with Crippen LogP contribution in [0.2, 0.25) is 0 Å². The number of aldehydes is 2. The molecule has 210 valence electrons. The summed E-state index contributed by atoms with van der Waals surface area (Å²) >= 11 is 0. The number of carboxylic acid groups (broad SMARTS) is 1. The van der Waals surface area contributed by atoms with Crippen molar-refractivity contribution in [3.05, 3.63) is 11.6 Å². The van der Waals surface area contributed by atoms with E-state index in [1.54, 1.807) is 0 Å². The van der Waals surface area contributed by atoms with Gasteiger partial charge < -0.3 is 24.3 Å². The summed E-state index contributed by atoms with van der Waals surface area (Å²) in [5.41, 5.74) is -1.64. The van der Waals surface area contributed by atoms with E-state index in [0.29, 0.717) is 24.7 Å². The first-order valence-electron chi connectivity index (χ1n) is 15.5. The van der Waals surface area contributed by atoms with Gasteiger partial charge in [0.1, 0.15) is 18.0 Å². The van der Waals surface area contributed by atoms with Crippen LogP contribution in [0, 0.1) is 51.8 Å². The zero-order chi connectivity index (χ0) is 26.9. The minimum absolute atomic E-state index is 0.0186. The van der Waals surface area contributed by atoms with Gasteiger partial charge in [0.2, 0.25) is 0 Å². The van der Waals surface area contributed by atoms with Gasteiger partial charge in [-0.1, -0.05) is 45.3 Å². The number of aliphatic carboxylic acids is 1. The molecule has 0 aromatic rings.